The van der Waals surface area contributed by atoms with Gasteiger partial charge in [0.1, 0.15) is 0 Å². The van der Waals surface area contributed by atoms with Crippen LogP contribution in [0.4, 0.5) is 0 Å². The maximum Gasteiger partial charge on any atom is 0.0849 e. The lowest BCUT2D eigenvalue weighted by Crippen LogP contribution is -2.01. The normalized spacial score (nSPS) is 10.6. The Morgan fingerprint density at radius 3 is 2.62 bits per heavy atom. The van der Waals surface area contributed by atoms with E-state index in [0.29, 0.717) is 0 Å². The van der Waals surface area contributed by atoms with Crippen molar-refractivity contribution in [2.24, 2.45) is 7.05 Å². The Kier molecular flexibility index (Phi) is 1.88. The fraction of sp³-hybridized carbons (Fsp3) is 0.333. The molecule has 0 aliphatic rings. The summed E-state index contributed by atoms with van der Waals surface area (Å²) in [6.45, 7) is 2.73. The van der Waals surface area contributed by atoms with Crippen LogP contribution in [0.25, 0.3) is 0 Å². The zero-order valence-electron chi connectivity index (χ0n) is 7.81. The Morgan fingerprint density at radius 1 is 1.23 bits per heavy atom. The van der Waals surface area contributed by atoms with Gasteiger partial charge in [0.15, 0.2) is 0 Å². The van der Waals surface area contributed by atoms with Crippen LogP contribution in [0.3, 0.4) is 0 Å². The first-order valence-electron chi connectivity index (χ1n) is 4.22. The van der Waals surface area contributed by atoms with Crippen molar-refractivity contribution in [3.8, 4) is 0 Å². The molecule has 2 aromatic rings. The summed E-state index contributed by atoms with van der Waals surface area (Å²) in [6.07, 6.45) is 3.90. The topological polar surface area (TPSA) is 35.6 Å². The molecule has 0 saturated carbocycles. The highest BCUT2D eigenvalue weighted by Gasteiger charge is 1.98. The van der Waals surface area contributed by atoms with Crippen LogP contribution >= 0.6 is 0 Å². The first-order valence-corrected chi connectivity index (χ1v) is 4.22. The standard InChI is InChI=1S/C9H12N4/c1-8-3-6-13(10-8)7-9-4-5-12(2)11-9/h3-6H,7H2,1-2H3. The minimum absolute atomic E-state index is 0.745. The smallest absolute Gasteiger partial charge is 0.0849 e. The lowest BCUT2D eigenvalue weighted by atomic mass is 10.4. The fourth-order valence-electron chi connectivity index (χ4n) is 1.26. The number of hydrogen-bond acceptors (Lipinski definition) is 2. The van der Waals surface area contributed by atoms with Gasteiger partial charge >= 0.3 is 0 Å². The average molecular weight is 176 g/mol. The lowest BCUT2D eigenvalue weighted by molar-refractivity contribution is 0.645. The summed E-state index contributed by atoms with van der Waals surface area (Å²) in [5, 5.41) is 8.55. The van der Waals surface area contributed by atoms with Crippen LogP contribution in [0.1, 0.15) is 11.4 Å². The molecule has 2 rings (SSSR count). The van der Waals surface area contributed by atoms with Crippen LogP contribution in [0, 0.1) is 6.92 Å². The first kappa shape index (κ1) is 8.04. The van der Waals surface area contributed by atoms with E-state index in [2.05, 4.69) is 10.2 Å². The predicted octanol–water partition coefficient (Wildman–Crippen LogP) is 0.973. The molecule has 0 spiro atoms. The van der Waals surface area contributed by atoms with Crippen LogP contribution in [0.15, 0.2) is 24.5 Å². The molecule has 0 bridgehead atoms. The fourth-order valence-corrected chi connectivity index (χ4v) is 1.26. The van der Waals surface area contributed by atoms with E-state index in [0.717, 1.165) is 17.9 Å². The monoisotopic (exact) mass is 176 g/mol. The molecule has 13 heavy (non-hydrogen) atoms. The molecule has 0 atom stereocenters. The van der Waals surface area contributed by atoms with E-state index >= 15 is 0 Å². The molecule has 0 unspecified atom stereocenters. The molecule has 0 aliphatic carbocycles. The van der Waals surface area contributed by atoms with Gasteiger partial charge in [0, 0.05) is 19.4 Å². The van der Waals surface area contributed by atoms with Gasteiger partial charge in [-0.25, -0.2) is 0 Å². The van der Waals surface area contributed by atoms with E-state index in [4.69, 9.17) is 0 Å². The highest BCUT2D eigenvalue weighted by molar-refractivity contribution is 5.01. The third-order valence-corrected chi connectivity index (χ3v) is 1.87. The molecule has 4 heteroatoms. The number of aryl methyl sites for hydroxylation is 2. The predicted molar refractivity (Wildman–Crippen MR) is 49.3 cm³/mol. The zero-order chi connectivity index (χ0) is 9.26. The van der Waals surface area contributed by atoms with Gasteiger partial charge in [-0.2, -0.15) is 10.2 Å². The molecular weight excluding hydrogens is 164 g/mol. The van der Waals surface area contributed by atoms with Gasteiger partial charge in [-0.3, -0.25) is 9.36 Å². The van der Waals surface area contributed by atoms with E-state index in [9.17, 15) is 0 Å². The summed E-state index contributed by atoms with van der Waals surface area (Å²) < 4.78 is 3.68. The van der Waals surface area contributed by atoms with Gasteiger partial charge in [0.25, 0.3) is 0 Å². The number of hydrogen-bond donors (Lipinski definition) is 0. The Balaban J connectivity index is 2.14. The SMILES string of the molecule is Cc1ccn(Cc2ccn(C)n2)n1. The van der Waals surface area contributed by atoms with E-state index in [1.807, 2.05) is 43.2 Å². The van der Waals surface area contributed by atoms with Crippen molar-refractivity contribution in [3.63, 3.8) is 0 Å². The van der Waals surface area contributed by atoms with Crippen molar-refractivity contribution < 1.29 is 0 Å². The third-order valence-electron chi connectivity index (χ3n) is 1.87. The molecule has 0 aromatic carbocycles. The molecule has 4 nitrogen and oxygen atoms in total. The van der Waals surface area contributed by atoms with E-state index in [-0.39, 0.29) is 0 Å². The van der Waals surface area contributed by atoms with Crippen LogP contribution in [-0.4, -0.2) is 19.6 Å². The summed E-state index contributed by atoms with van der Waals surface area (Å²) >= 11 is 0. The molecule has 2 heterocycles. The summed E-state index contributed by atoms with van der Waals surface area (Å²) in [6, 6.07) is 3.99. The first-order chi connectivity index (χ1) is 6.24. The average Bonchev–Trinajstić information content (AvgIpc) is 2.62. The van der Waals surface area contributed by atoms with E-state index in [1.165, 1.54) is 0 Å². The van der Waals surface area contributed by atoms with Gasteiger partial charge in [-0.1, -0.05) is 0 Å². The van der Waals surface area contributed by atoms with E-state index in [1.54, 1.807) is 4.68 Å². The van der Waals surface area contributed by atoms with Gasteiger partial charge in [0.05, 0.1) is 17.9 Å². The Labute approximate surface area is 76.8 Å². The molecule has 68 valence electrons. The third kappa shape index (κ3) is 1.77. The van der Waals surface area contributed by atoms with Crippen LogP contribution in [0.5, 0.6) is 0 Å². The molecule has 0 fully saturated rings. The molecule has 2 aromatic heterocycles. The Bertz CT molecular complexity index is 361. The molecule has 0 amide bonds. The van der Waals surface area contributed by atoms with E-state index < -0.39 is 0 Å². The van der Waals surface area contributed by atoms with Crippen LogP contribution in [-0.2, 0) is 13.6 Å². The molecule has 0 N–H and O–H groups in total. The minimum Gasteiger partial charge on any atom is -0.275 e. The highest BCUT2D eigenvalue weighted by atomic mass is 15.3. The number of aromatic nitrogens is 4. The van der Waals surface area contributed by atoms with Crippen molar-refractivity contribution in [1.82, 2.24) is 19.6 Å². The summed E-state index contributed by atoms with van der Waals surface area (Å²) in [4.78, 5) is 0. The number of rotatable bonds is 2. The van der Waals surface area contributed by atoms with Crippen LogP contribution in [0.2, 0.25) is 0 Å². The van der Waals surface area contributed by atoms with Crippen molar-refractivity contribution in [1.29, 1.82) is 0 Å². The zero-order valence-corrected chi connectivity index (χ0v) is 7.81. The molecule has 0 aliphatic heterocycles. The largest absolute Gasteiger partial charge is 0.275 e. The quantitative estimate of drug-likeness (QED) is 0.683. The summed E-state index contributed by atoms with van der Waals surface area (Å²) in [5.74, 6) is 0. The maximum absolute atomic E-state index is 4.28. The minimum atomic E-state index is 0.745. The molecule has 0 radical (unpaired) electrons. The highest BCUT2D eigenvalue weighted by Crippen LogP contribution is 1.99. The van der Waals surface area contributed by atoms with Crippen molar-refractivity contribution in [2.45, 2.75) is 13.5 Å². The molecular formula is C9H12N4. The number of nitrogens with zero attached hydrogens (tertiary/aromatic N) is 4. The molecule has 0 saturated heterocycles. The summed E-state index contributed by atoms with van der Waals surface area (Å²) in [5.41, 5.74) is 2.07. The van der Waals surface area contributed by atoms with Gasteiger partial charge < -0.3 is 0 Å². The van der Waals surface area contributed by atoms with Crippen molar-refractivity contribution in [2.75, 3.05) is 0 Å². The summed E-state index contributed by atoms with van der Waals surface area (Å²) in [7, 11) is 1.91. The van der Waals surface area contributed by atoms with Gasteiger partial charge in [-0.05, 0) is 19.1 Å². The lowest BCUT2D eigenvalue weighted by Gasteiger charge is -1.96. The second-order valence-corrected chi connectivity index (χ2v) is 3.14. The van der Waals surface area contributed by atoms with Gasteiger partial charge in [-0.15, -0.1) is 0 Å². The Morgan fingerprint density at radius 2 is 2.08 bits per heavy atom. The second-order valence-electron chi connectivity index (χ2n) is 3.14. The van der Waals surface area contributed by atoms with Crippen molar-refractivity contribution >= 4 is 0 Å². The second kappa shape index (κ2) is 3.05. The Hall–Kier alpha value is -1.58. The maximum atomic E-state index is 4.28. The van der Waals surface area contributed by atoms with Gasteiger partial charge in [0.2, 0.25) is 0 Å². The van der Waals surface area contributed by atoms with Crippen molar-refractivity contribution in [3.05, 3.63) is 35.9 Å². The van der Waals surface area contributed by atoms with Crippen LogP contribution < -0.4 is 0 Å².